The SMILES string of the molecule is COc1cc(N2CCC(N3CCCC(N(C)C)C3)CC2)c(C)cc1Nc1ncc(Cl)c(Nc2cc3c(cc2NS(C)(=O)=O)CCO3)n1. The third kappa shape index (κ3) is 7.80. The Bertz CT molecular complexity index is 1720. The number of aryl methyl sites for hydroxylation is 1. The predicted molar refractivity (Wildman–Crippen MR) is 189 cm³/mol. The van der Waals surface area contributed by atoms with Gasteiger partial charge in [0.1, 0.15) is 16.5 Å². The Kier molecular flexibility index (Phi) is 9.88. The zero-order chi connectivity index (χ0) is 33.3. The number of aromatic nitrogens is 2. The molecule has 254 valence electrons. The van der Waals surface area contributed by atoms with Crippen LogP contribution in [0.5, 0.6) is 11.5 Å². The van der Waals surface area contributed by atoms with Crippen LogP contribution in [-0.2, 0) is 16.4 Å². The summed E-state index contributed by atoms with van der Waals surface area (Å²) in [7, 11) is 2.52. The van der Waals surface area contributed by atoms with Crippen molar-refractivity contribution in [2.75, 3.05) is 80.5 Å². The Balaban J connectivity index is 1.17. The molecule has 3 aliphatic heterocycles. The molecule has 1 unspecified atom stereocenters. The topological polar surface area (TPSA) is 124 Å². The summed E-state index contributed by atoms with van der Waals surface area (Å²) in [6.07, 6.45) is 8.15. The molecule has 2 saturated heterocycles. The quantitative estimate of drug-likeness (QED) is 0.260. The van der Waals surface area contributed by atoms with E-state index in [4.69, 9.17) is 21.1 Å². The maximum absolute atomic E-state index is 12.1. The Labute approximate surface area is 282 Å². The first-order valence-corrected chi connectivity index (χ1v) is 18.4. The van der Waals surface area contributed by atoms with Crippen LogP contribution in [0.1, 0.15) is 36.8 Å². The lowest BCUT2D eigenvalue weighted by Gasteiger charge is -2.44. The zero-order valence-electron chi connectivity index (χ0n) is 27.8. The second-order valence-electron chi connectivity index (χ2n) is 12.9. The van der Waals surface area contributed by atoms with Crippen molar-refractivity contribution < 1.29 is 17.9 Å². The molecule has 6 rings (SSSR count). The minimum atomic E-state index is -3.54. The van der Waals surface area contributed by atoms with Crippen LogP contribution in [0.15, 0.2) is 30.5 Å². The van der Waals surface area contributed by atoms with Crippen molar-refractivity contribution in [1.29, 1.82) is 0 Å². The maximum Gasteiger partial charge on any atom is 0.229 e. The molecule has 0 amide bonds. The number of sulfonamides is 1. The fraction of sp³-hybridized carbons (Fsp3) is 0.515. The second kappa shape index (κ2) is 13.9. The van der Waals surface area contributed by atoms with Gasteiger partial charge in [0.2, 0.25) is 16.0 Å². The lowest BCUT2D eigenvalue weighted by Crippen LogP contribution is -2.52. The van der Waals surface area contributed by atoms with Crippen LogP contribution in [-0.4, -0.2) is 101 Å². The van der Waals surface area contributed by atoms with E-state index in [1.165, 1.54) is 31.3 Å². The molecule has 12 nitrogen and oxygen atoms in total. The summed E-state index contributed by atoms with van der Waals surface area (Å²) in [5, 5.41) is 6.74. The van der Waals surface area contributed by atoms with Gasteiger partial charge in [-0.3, -0.25) is 9.62 Å². The lowest BCUT2D eigenvalue weighted by molar-refractivity contribution is 0.0846. The van der Waals surface area contributed by atoms with Crippen LogP contribution in [0.4, 0.5) is 34.5 Å². The van der Waals surface area contributed by atoms with E-state index in [1.54, 1.807) is 19.2 Å². The summed E-state index contributed by atoms with van der Waals surface area (Å²) < 4.78 is 38.3. The monoisotopic (exact) mass is 684 g/mol. The van der Waals surface area contributed by atoms with Crippen molar-refractivity contribution in [3.8, 4) is 11.5 Å². The van der Waals surface area contributed by atoms with Gasteiger partial charge < -0.3 is 29.9 Å². The molecule has 3 N–H and O–H groups in total. The summed E-state index contributed by atoms with van der Waals surface area (Å²) in [6.45, 7) is 7.02. The van der Waals surface area contributed by atoms with Crippen LogP contribution in [0.3, 0.4) is 0 Å². The summed E-state index contributed by atoms with van der Waals surface area (Å²) in [4.78, 5) is 16.6. The molecule has 0 saturated carbocycles. The van der Waals surface area contributed by atoms with Crippen molar-refractivity contribution in [1.82, 2.24) is 19.8 Å². The third-order valence-corrected chi connectivity index (χ3v) is 10.2. The van der Waals surface area contributed by atoms with Crippen molar-refractivity contribution in [3.05, 3.63) is 46.6 Å². The van der Waals surface area contributed by atoms with E-state index in [1.807, 2.05) is 0 Å². The molecule has 0 bridgehead atoms. The maximum atomic E-state index is 12.1. The first-order chi connectivity index (χ1) is 22.5. The highest BCUT2D eigenvalue weighted by Gasteiger charge is 2.30. The largest absolute Gasteiger partial charge is 0.494 e. The Hall–Kier alpha value is -3.52. The van der Waals surface area contributed by atoms with Gasteiger partial charge in [0.25, 0.3) is 0 Å². The van der Waals surface area contributed by atoms with Crippen molar-refractivity contribution in [2.45, 2.75) is 51.1 Å². The van der Waals surface area contributed by atoms with E-state index in [0.29, 0.717) is 59.8 Å². The van der Waals surface area contributed by atoms with E-state index < -0.39 is 10.0 Å². The van der Waals surface area contributed by atoms with Gasteiger partial charge in [0.15, 0.2) is 5.82 Å². The molecule has 14 heteroatoms. The minimum Gasteiger partial charge on any atom is -0.494 e. The van der Waals surface area contributed by atoms with E-state index in [-0.39, 0.29) is 5.02 Å². The zero-order valence-corrected chi connectivity index (χ0v) is 29.3. The van der Waals surface area contributed by atoms with Gasteiger partial charge in [0.05, 0.1) is 43.2 Å². The number of ether oxygens (including phenoxy) is 2. The number of likely N-dealkylation sites (N-methyl/N-ethyl adjacent to an activating group) is 1. The molecule has 2 fully saturated rings. The van der Waals surface area contributed by atoms with Crippen LogP contribution < -0.4 is 29.7 Å². The molecule has 1 aromatic heterocycles. The molecular formula is C33H45ClN8O4S. The third-order valence-electron chi connectivity index (χ3n) is 9.37. The molecule has 4 heterocycles. The number of methoxy groups -OCH3 is 1. The molecule has 47 heavy (non-hydrogen) atoms. The first-order valence-electron chi connectivity index (χ1n) is 16.2. The van der Waals surface area contributed by atoms with Crippen LogP contribution in [0.2, 0.25) is 5.02 Å². The van der Waals surface area contributed by atoms with Crippen molar-refractivity contribution >= 4 is 56.1 Å². The van der Waals surface area contributed by atoms with Crippen LogP contribution >= 0.6 is 11.6 Å². The van der Waals surface area contributed by atoms with E-state index in [9.17, 15) is 8.42 Å². The van der Waals surface area contributed by atoms with E-state index in [0.717, 1.165) is 55.5 Å². The number of likely N-dealkylation sites (tertiary alicyclic amines) is 1. The van der Waals surface area contributed by atoms with Gasteiger partial charge in [-0.05, 0) is 76.5 Å². The van der Waals surface area contributed by atoms with Gasteiger partial charge in [-0.25, -0.2) is 13.4 Å². The summed E-state index contributed by atoms with van der Waals surface area (Å²) in [5.41, 5.74) is 4.78. The standard InChI is InChI=1S/C33H45ClN8O4S/c1-21-15-28(31(45-4)18-29(21)41-12-8-23(9-13-41)42-11-6-7-24(20-42)40(2)3)37-33-35-19-25(34)32(38-33)36-26-17-30-22(10-14-46-30)16-27(26)39-47(5,43)44/h15-19,23-24,39H,6-14,20H2,1-5H3,(H2,35,36,37,38). The molecular weight excluding hydrogens is 640 g/mol. The fourth-order valence-electron chi connectivity index (χ4n) is 6.87. The molecule has 3 aliphatic rings. The van der Waals surface area contributed by atoms with E-state index in [2.05, 4.69) is 73.2 Å². The van der Waals surface area contributed by atoms with Gasteiger partial charge >= 0.3 is 0 Å². The summed E-state index contributed by atoms with van der Waals surface area (Å²) in [6, 6.07) is 8.94. The van der Waals surface area contributed by atoms with Gasteiger partial charge in [-0.2, -0.15) is 4.98 Å². The molecule has 2 aromatic carbocycles. The summed E-state index contributed by atoms with van der Waals surface area (Å²) in [5.74, 6) is 1.97. The smallest absolute Gasteiger partial charge is 0.229 e. The highest BCUT2D eigenvalue weighted by molar-refractivity contribution is 7.92. The molecule has 0 radical (unpaired) electrons. The number of halogens is 1. The average Bonchev–Trinajstić information content (AvgIpc) is 3.49. The van der Waals surface area contributed by atoms with Crippen molar-refractivity contribution in [3.63, 3.8) is 0 Å². The normalized spacial score (nSPS) is 19.0. The fourth-order valence-corrected chi connectivity index (χ4v) is 7.58. The number of hydrogen-bond donors (Lipinski definition) is 3. The van der Waals surface area contributed by atoms with Gasteiger partial charge in [-0.15, -0.1) is 0 Å². The highest BCUT2D eigenvalue weighted by atomic mass is 35.5. The Morgan fingerprint density at radius 3 is 2.55 bits per heavy atom. The molecule has 3 aromatic rings. The number of benzene rings is 2. The second-order valence-corrected chi connectivity index (χ2v) is 15.1. The number of rotatable bonds is 10. The molecule has 0 aliphatic carbocycles. The van der Waals surface area contributed by atoms with Crippen molar-refractivity contribution in [2.24, 2.45) is 0 Å². The van der Waals surface area contributed by atoms with Crippen LogP contribution in [0, 0.1) is 6.92 Å². The minimum absolute atomic E-state index is 0.269. The Morgan fingerprint density at radius 2 is 1.83 bits per heavy atom. The van der Waals surface area contributed by atoms with E-state index >= 15 is 0 Å². The predicted octanol–water partition coefficient (Wildman–Crippen LogP) is 5.24. The highest BCUT2D eigenvalue weighted by Crippen LogP contribution is 2.39. The first kappa shape index (κ1) is 33.4. The Morgan fingerprint density at radius 1 is 1.04 bits per heavy atom. The number of anilines is 6. The lowest BCUT2D eigenvalue weighted by atomic mass is 9.96. The molecule has 0 spiro atoms. The summed E-state index contributed by atoms with van der Waals surface area (Å²) >= 11 is 6.50. The number of nitrogens with one attached hydrogen (secondary N) is 3. The number of nitrogens with zero attached hydrogens (tertiary/aromatic N) is 5. The number of hydrogen-bond acceptors (Lipinski definition) is 11. The average molecular weight is 685 g/mol. The van der Waals surface area contributed by atoms with Gasteiger partial charge in [0, 0.05) is 56.0 Å². The number of fused-ring (bicyclic) bond motifs is 1. The van der Waals surface area contributed by atoms with Crippen LogP contribution in [0.25, 0.3) is 0 Å². The van der Waals surface area contributed by atoms with Gasteiger partial charge in [-0.1, -0.05) is 11.6 Å². The number of piperidine rings is 2. The molecule has 1 atom stereocenters.